The molecule has 2 atom stereocenters. The monoisotopic (exact) mass is 295 g/mol. The Morgan fingerprint density at radius 2 is 1.68 bits per heavy atom. The van der Waals surface area contributed by atoms with Crippen LogP contribution >= 0.6 is 0 Å². The fourth-order valence-corrected chi connectivity index (χ4v) is 2.85. The van der Waals surface area contributed by atoms with E-state index in [1.54, 1.807) is 0 Å². The Kier molecular flexibility index (Phi) is 3.92. The number of aliphatic carboxylic acids is 1. The van der Waals surface area contributed by atoms with Gasteiger partial charge in [0, 0.05) is 6.04 Å². The van der Waals surface area contributed by atoms with Gasteiger partial charge < -0.3 is 10.4 Å². The molecule has 1 saturated heterocycles. The fraction of sp³-hybridized carbons (Fsp3) is 0.222. The van der Waals surface area contributed by atoms with Gasteiger partial charge in [-0.1, -0.05) is 54.6 Å². The molecule has 1 amide bonds. The minimum absolute atomic E-state index is 0.101. The predicted octanol–water partition coefficient (Wildman–Crippen LogP) is 2.49. The molecule has 1 fully saturated rings. The van der Waals surface area contributed by atoms with Crippen molar-refractivity contribution in [2.75, 3.05) is 0 Å². The van der Waals surface area contributed by atoms with E-state index in [1.165, 1.54) is 0 Å². The van der Waals surface area contributed by atoms with Gasteiger partial charge in [-0.3, -0.25) is 9.59 Å². The van der Waals surface area contributed by atoms with E-state index < -0.39 is 11.9 Å². The first-order valence-electron chi connectivity index (χ1n) is 7.31. The molecule has 2 aromatic rings. The number of hydrogen-bond acceptors (Lipinski definition) is 2. The van der Waals surface area contributed by atoms with Crippen LogP contribution in [0.4, 0.5) is 0 Å². The predicted molar refractivity (Wildman–Crippen MR) is 83.3 cm³/mol. The zero-order valence-corrected chi connectivity index (χ0v) is 12.0. The number of carboxylic acids is 1. The summed E-state index contributed by atoms with van der Waals surface area (Å²) < 4.78 is 0. The third-order valence-electron chi connectivity index (χ3n) is 4.02. The highest BCUT2D eigenvalue weighted by Crippen LogP contribution is 2.22. The molecule has 0 spiro atoms. The lowest BCUT2D eigenvalue weighted by Crippen LogP contribution is -2.29. The molecule has 1 aliphatic rings. The number of rotatable bonds is 4. The van der Waals surface area contributed by atoms with E-state index in [2.05, 4.69) is 29.6 Å². The highest BCUT2D eigenvalue weighted by molar-refractivity contribution is 5.98. The van der Waals surface area contributed by atoms with E-state index in [9.17, 15) is 9.59 Å². The summed E-state index contributed by atoms with van der Waals surface area (Å²) in [6, 6.07) is 18.2. The van der Waals surface area contributed by atoms with Gasteiger partial charge in [0.05, 0.1) is 0 Å². The highest BCUT2D eigenvalue weighted by Gasteiger charge is 2.36. The second kappa shape index (κ2) is 6.02. The van der Waals surface area contributed by atoms with Gasteiger partial charge in [-0.2, -0.15) is 0 Å². The second-order valence-electron chi connectivity index (χ2n) is 5.60. The summed E-state index contributed by atoms with van der Waals surface area (Å²) in [4.78, 5) is 22.5. The summed E-state index contributed by atoms with van der Waals surface area (Å²) in [7, 11) is 0. The first kappa shape index (κ1) is 14.3. The van der Waals surface area contributed by atoms with Crippen LogP contribution in [-0.2, 0) is 16.0 Å². The van der Waals surface area contributed by atoms with Crippen LogP contribution in [0.5, 0.6) is 0 Å². The maximum Gasteiger partial charge on any atom is 0.316 e. The molecular formula is C18H17NO3. The number of carbonyl (C=O) groups excluding carboxylic acids is 1. The largest absolute Gasteiger partial charge is 0.481 e. The van der Waals surface area contributed by atoms with Crippen molar-refractivity contribution >= 4 is 11.9 Å². The molecule has 1 unspecified atom stereocenters. The lowest BCUT2D eigenvalue weighted by atomic mass is 9.98. The fourth-order valence-electron chi connectivity index (χ4n) is 2.85. The quantitative estimate of drug-likeness (QED) is 0.852. The minimum atomic E-state index is -1.04. The summed E-state index contributed by atoms with van der Waals surface area (Å²) in [5.74, 6) is -2.33. The normalized spacial score (nSPS) is 20.6. The Morgan fingerprint density at radius 1 is 1.05 bits per heavy atom. The van der Waals surface area contributed by atoms with E-state index in [-0.39, 0.29) is 11.9 Å². The molecule has 0 bridgehead atoms. The Bertz CT molecular complexity index is 679. The van der Waals surface area contributed by atoms with Crippen molar-refractivity contribution in [2.24, 2.45) is 5.92 Å². The van der Waals surface area contributed by atoms with Gasteiger partial charge in [-0.15, -0.1) is 0 Å². The molecule has 2 aromatic carbocycles. The van der Waals surface area contributed by atoms with Crippen LogP contribution in [0.2, 0.25) is 0 Å². The Balaban J connectivity index is 1.67. The summed E-state index contributed by atoms with van der Waals surface area (Å²) in [6.45, 7) is 0. The second-order valence-corrected chi connectivity index (χ2v) is 5.60. The first-order chi connectivity index (χ1) is 10.6. The maximum atomic E-state index is 11.6. The van der Waals surface area contributed by atoms with Crippen LogP contribution in [0.15, 0.2) is 54.6 Å². The van der Waals surface area contributed by atoms with Crippen molar-refractivity contribution < 1.29 is 14.7 Å². The van der Waals surface area contributed by atoms with Crippen LogP contribution in [0.25, 0.3) is 11.1 Å². The Hall–Kier alpha value is -2.62. The van der Waals surface area contributed by atoms with E-state index in [0.29, 0.717) is 12.8 Å². The van der Waals surface area contributed by atoms with Crippen molar-refractivity contribution in [3.8, 4) is 11.1 Å². The van der Waals surface area contributed by atoms with E-state index >= 15 is 0 Å². The molecule has 0 radical (unpaired) electrons. The van der Waals surface area contributed by atoms with Crippen molar-refractivity contribution in [2.45, 2.75) is 18.9 Å². The van der Waals surface area contributed by atoms with Crippen molar-refractivity contribution in [3.05, 3.63) is 60.2 Å². The van der Waals surface area contributed by atoms with Crippen LogP contribution in [-0.4, -0.2) is 23.0 Å². The molecular weight excluding hydrogens is 278 g/mol. The van der Waals surface area contributed by atoms with E-state index in [1.807, 2.05) is 30.3 Å². The lowest BCUT2D eigenvalue weighted by Gasteiger charge is -2.10. The van der Waals surface area contributed by atoms with Crippen molar-refractivity contribution in [1.29, 1.82) is 0 Å². The SMILES string of the molecule is O=C(O)C1C[C@@H](Cc2ccc(-c3ccccc3)cc2)NC1=O. The van der Waals surface area contributed by atoms with Gasteiger partial charge in [-0.05, 0) is 29.5 Å². The number of amides is 1. The van der Waals surface area contributed by atoms with Crippen molar-refractivity contribution in [1.82, 2.24) is 5.32 Å². The van der Waals surface area contributed by atoms with Gasteiger partial charge in [0.1, 0.15) is 5.92 Å². The van der Waals surface area contributed by atoms with Gasteiger partial charge in [0.25, 0.3) is 0 Å². The molecule has 22 heavy (non-hydrogen) atoms. The van der Waals surface area contributed by atoms with Crippen LogP contribution < -0.4 is 5.32 Å². The summed E-state index contributed by atoms with van der Waals surface area (Å²) in [6.07, 6.45) is 1.01. The molecule has 0 saturated carbocycles. The number of carboxylic acid groups (broad SMARTS) is 1. The summed E-state index contributed by atoms with van der Waals surface area (Å²) in [5, 5.41) is 11.7. The molecule has 0 aliphatic carbocycles. The smallest absolute Gasteiger partial charge is 0.316 e. The lowest BCUT2D eigenvalue weighted by molar-refractivity contribution is -0.145. The minimum Gasteiger partial charge on any atom is -0.481 e. The molecule has 2 N–H and O–H groups in total. The molecule has 1 aliphatic heterocycles. The molecule has 4 nitrogen and oxygen atoms in total. The Morgan fingerprint density at radius 3 is 2.27 bits per heavy atom. The van der Waals surface area contributed by atoms with Gasteiger partial charge >= 0.3 is 5.97 Å². The van der Waals surface area contributed by atoms with Crippen LogP contribution in [0.3, 0.4) is 0 Å². The number of hydrogen-bond donors (Lipinski definition) is 2. The van der Waals surface area contributed by atoms with E-state index in [4.69, 9.17) is 5.11 Å². The number of nitrogens with one attached hydrogen (secondary N) is 1. The van der Waals surface area contributed by atoms with Crippen LogP contribution in [0.1, 0.15) is 12.0 Å². The molecule has 1 heterocycles. The average Bonchev–Trinajstić information content (AvgIpc) is 2.90. The van der Waals surface area contributed by atoms with Gasteiger partial charge in [0.15, 0.2) is 0 Å². The third kappa shape index (κ3) is 3.01. The highest BCUT2D eigenvalue weighted by atomic mass is 16.4. The molecule has 0 aromatic heterocycles. The average molecular weight is 295 g/mol. The van der Waals surface area contributed by atoms with Gasteiger partial charge in [0.2, 0.25) is 5.91 Å². The topological polar surface area (TPSA) is 66.4 Å². The summed E-state index contributed by atoms with van der Waals surface area (Å²) >= 11 is 0. The summed E-state index contributed by atoms with van der Waals surface area (Å²) in [5.41, 5.74) is 3.40. The first-order valence-corrected chi connectivity index (χ1v) is 7.31. The molecule has 4 heteroatoms. The van der Waals surface area contributed by atoms with Crippen LogP contribution in [0, 0.1) is 5.92 Å². The number of benzene rings is 2. The zero-order valence-electron chi connectivity index (χ0n) is 12.0. The third-order valence-corrected chi connectivity index (χ3v) is 4.02. The van der Waals surface area contributed by atoms with E-state index in [0.717, 1.165) is 16.7 Å². The zero-order chi connectivity index (χ0) is 15.5. The van der Waals surface area contributed by atoms with Crippen molar-refractivity contribution in [3.63, 3.8) is 0 Å². The number of carbonyl (C=O) groups is 2. The maximum absolute atomic E-state index is 11.6. The standard InChI is InChI=1S/C18H17NO3/c20-17-16(18(21)22)11-15(19-17)10-12-6-8-14(9-7-12)13-4-2-1-3-5-13/h1-9,15-16H,10-11H2,(H,19,20)(H,21,22)/t15-,16?/m1/s1. The molecule has 112 valence electrons. The van der Waals surface area contributed by atoms with Gasteiger partial charge in [-0.25, -0.2) is 0 Å². The molecule has 3 rings (SSSR count). The Labute approximate surface area is 128 Å².